The molecule has 1 atom stereocenters. The fourth-order valence-electron chi connectivity index (χ4n) is 3.80. The molecule has 4 rings (SSSR count). The number of rotatable bonds is 4. The number of aromatic hydroxyl groups is 1. The quantitative estimate of drug-likeness (QED) is 0.587. The summed E-state index contributed by atoms with van der Waals surface area (Å²) in [5.41, 5.74) is 0.749. The number of benzene rings is 3. The molecule has 0 unspecified atom stereocenters. The predicted octanol–water partition coefficient (Wildman–Crippen LogP) is 4.54. The molecule has 0 heterocycles. The molecule has 0 saturated carbocycles. The number of ketones is 1. The van der Waals surface area contributed by atoms with Crippen LogP contribution in [0.2, 0.25) is 0 Å². The number of halogens is 1. The van der Waals surface area contributed by atoms with Gasteiger partial charge in [0.05, 0.1) is 16.0 Å². The molecule has 0 amide bonds. The maximum atomic E-state index is 14.6. The number of phenols is 1. The molecule has 7 heteroatoms. The number of phenolic OH excluding ortho intramolecular Hbond substituents is 1. The molecule has 0 saturated heterocycles. The average molecular weight is 437 g/mol. The summed E-state index contributed by atoms with van der Waals surface area (Å²) < 4.78 is 42.4. The number of allylic oxidation sites excluding steroid dienone is 1. The second kappa shape index (κ2) is 7.35. The van der Waals surface area contributed by atoms with Gasteiger partial charge in [-0.15, -0.1) is 0 Å². The molecule has 31 heavy (non-hydrogen) atoms. The number of aryl methyl sites for hydroxylation is 1. The van der Waals surface area contributed by atoms with Crippen molar-refractivity contribution in [1.29, 1.82) is 0 Å². The van der Waals surface area contributed by atoms with Gasteiger partial charge in [-0.3, -0.25) is 9.52 Å². The van der Waals surface area contributed by atoms with E-state index in [1.54, 1.807) is 37.3 Å². The first-order chi connectivity index (χ1) is 14.6. The van der Waals surface area contributed by atoms with E-state index in [2.05, 4.69) is 4.72 Å². The number of anilines is 1. The lowest BCUT2D eigenvalue weighted by molar-refractivity contribution is -0.118. The lowest BCUT2D eigenvalue weighted by Gasteiger charge is -2.33. The van der Waals surface area contributed by atoms with Crippen molar-refractivity contribution < 1.29 is 22.7 Å². The van der Waals surface area contributed by atoms with Crippen LogP contribution in [0.3, 0.4) is 0 Å². The third-order valence-electron chi connectivity index (χ3n) is 5.61. The van der Waals surface area contributed by atoms with E-state index in [4.69, 9.17) is 0 Å². The van der Waals surface area contributed by atoms with Gasteiger partial charge in [0.2, 0.25) is 0 Å². The number of fused-ring (bicyclic) bond motifs is 1. The summed E-state index contributed by atoms with van der Waals surface area (Å²) in [6.45, 7) is 3.45. The summed E-state index contributed by atoms with van der Waals surface area (Å²) in [6, 6.07) is 15.3. The smallest absolute Gasteiger partial charge is 0.261 e. The zero-order valence-corrected chi connectivity index (χ0v) is 17.7. The van der Waals surface area contributed by atoms with Gasteiger partial charge in [-0.1, -0.05) is 48.0 Å². The summed E-state index contributed by atoms with van der Waals surface area (Å²) in [5.74, 6) is -1.69. The van der Waals surface area contributed by atoms with Crippen molar-refractivity contribution in [3.63, 3.8) is 0 Å². The number of sulfonamides is 1. The van der Waals surface area contributed by atoms with Crippen molar-refractivity contribution in [1.82, 2.24) is 0 Å². The van der Waals surface area contributed by atoms with Gasteiger partial charge in [-0.25, -0.2) is 12.8 Å². The Morgan fingerprint density at radius 3 is 2.35 bits per heavy atom. The van der Waals surface area contributed by atoms with Crippen molar-refractivity contribution in [3.05, 3.63) is 94.8 Å². The van der Waals surface area contributed by atoms with Gasteiger partial charge in [0.1, 0.15) is 5.75 Å². The molecule has 0 aliphatic heterocycles. The van der Waals surface area contributed by atoms with Crippen LogP contribution in [0.4, 0.5) is 10.1 Å². The Labute approximate surface area is 179 Å². The van der Waals surface area contributed by atoms with Crippen LogP contribution in [0.25, 0.3) is 6.08 Å². The third-order valence-corrected chi connectivity index (χ3v) is 6.99. The fourth-order valence-corrected chi connectivity index (χ4v) is 4.86. The zero-order valence-electron chi connectivity index (χ0n) is 16.9. The molecule has 0 aromatic heterocycles. The van der Waals surface area contributed by atoms with Crippen molar-refractivity contribution in [2.45, 2.75) is 24.2 Å². The Hall–Kier alpha value is -3.45. The predicted molar refractivity (Wildman–Crippen MR) is 117 cm³/mol. The molecule has 1 aliphatic carbocycles. The molecule has 0 radical (unpaired) electrons. The number of carbonyl (C=O) groups is 1. The molecule has 158 valence electrons. The molecular formula is C24H20FNO4S. The summed E-state index contributed by atoms with van der Waals surface area (Å²) in [4.78, 5) is 12.9. The molecule has 0 spiro atoms. The highest BCUT2D eigenvalue weighted by atomic mass is 32.2. The molecular weight excluding hydrogens is 417 g/mol. The minimum absolute atomic E-state index is 0.0274. The average Bonchev–Trinajstić information content (AvgIpc) is 2.73. The molecule has 2 N–H and O–H groups in total. The number of hydrogen-bond donors (Lipinski definition) is 2. The van der Waals surface area contributed by atoms with Crippen molar-refractivity contribution in [2.24, 2.45) is 0 Å². The van der Waals surface area contributed by atoms with Crippen LogP contribution in [0.1, 0.15) is 29.2 Å². The third kappa shape index (κ3) is 3.51. The van der Waals surface area contributed by atoms with Crippen LogP contribution in [-0.2, 0) is 20.2 Å². The highest BCUT2D eigenvalue weighted by Crippen LogP contribution is 2.44. The van der Waals surface area contributed by atoms with Gasteiger partial charge < -0.3 is 5.11 Å². The molecule has 5 nitrogen and oxygen atoms in total. The first-order valence-electron chi connectivity index (χ1n) is 9.57. The van der Waals surface area contributed by atoms with Crippen molar-refractivity contribution in [2.75, 3.05) is 4.72 Å². The van der Waals surface area contributed by atoms with Crippen LogP contribution < -0.4 is 4.72 Å². The van der Waals surface area contributed by atoms with E-state index >= 15 is 0 Å². The topological polar surface area (TPSA) is 83.5 Å². The van der Waals surface area contributed by atoms with Gasteiger partial charge in [-0.2, -0.15) is 0 Å². The molecule has 3 aromatic carbocycles. The Bertz CT molecular complexity index is 1330. The molecule has 0 fully saturated rings. The van der Waals surface area contributed by atoms with Crippen LogP contribution in [-0.4, -0.2) is 19.3 Å². The van der Waals surface area contributed by atoms with E-state index in [0.29, 0.717) is 5.56 Å². The number of hydrogen-bond acceptors (Lipinski definition) is 4. The van der Waals surface area contributed by atoms with Crippen molar-refractivity contribution in [3.8, 4) is 5.75 Å². The van der Waals surface area contributed by atoms with Crippen LogP contribution >= 0.6 is 0 Å². The highest BCUT2D eigenvalue weighted by Gasteiger charge is 2.41. The van der Waals surface area contributed by atoms with Gasteiger partial charge in [0.25, 0.3) is 10.0 Å². The highest BCUT2D eigenvalue weighted by molar-refractivity contribution is 7.92. The van der Waals surface area contributed by atoms with Gasteiger partial charge in [-0.05, 0) is 49.2 Å². The number of carbonyl (C=O) groups excluding carboxylic acids is 1. The summed E-state index contributed by atoms with van der Waals surface area (Å²) in [7, 11) is -4.08. The second-order valence-corrected chi connectivity index (χ2v) is 9.36. The van der Waals surface area contributed by atoms with Gasteiger partial charge in [0.15, 0.2) is 11.6 Å². The van der Waals surface area contributed by atoms with E-state index in [1.807, 2.05) is 19.1 Å². The first kappa shape index (κ1) is 20.8. The van der Waals surface area contributed by atoms with Crippen molar-refractivity contribution >= 4 is 27.6 Å². The Morgan fingerprint density at radius 1 is 0.968 bits per heavy atom. The monoisotopic (exact) mass is 437 g/mol. The fraction of sp³-hybridized carbons (Fsp3) is 0.125. The lowest BCUT2D eigenvalue weighted by atomic mass is 9.68. The molecule has 0 bridgehead atoms. The normalized spacial score (nSPS) is 18.0. The lowest BCUT2D eigenvalue weighted by Crippen LogP contribution is -2.35. The Balaban J connectivity index is 1.83. The largest absolute Gasteiger partial charge is 0.508 e. The van der Waals surface area contributed by atoms with E-state index in [0.717, 1.165) is 17.2 Å². The minimum Gasteiger partial charge on any atom is -0.508 e. The Kier molecular flexibility index (Phi) is 4.94. The van der Waals surface area contributed by atoms with Crippen LogP contribution in [0.15, 0.2) is 71.6 Å². The summed E-state index contributed by atoms with van der Waals surface area (Å²) in [5, 5.41) is 10.5. The number of nitrogens with one attached hydrogen (secondary N) is 1. The van der Waals surface area contributed by atoms with Gasteiger partial charge in [0, 0.05) is 11.6 Å². The van der Waals surface area contributed by atoms with Crippen LogP contribution in [0, 0.1) is 12.7 Å². The summed E-state index contributed by atoms with van der Waals surface area (Å²) >= 11 is 0. The first-order valence-corrected chi connectivity index (χ1v) is 11.1. The Morgan fingerprint density at radius 2 is 1.65 bits per heavy atom. The standard InChI is InChI=1S/C24H20FNO4S/c1-15-7-10-17(11-8-15)31(29,30)26-21-13-19(22(27)14-20(21)25)24(2)18-6-4-3-5-16(18)9-12-23(24)28/h3-14,26-27H,1-2H3/t24-/m1/s1. The van der Waals surface area contributed by atoms with E-state index in [9.17, 15) is 22.7 Å². The van der Waals surface area contributed by atoms with E-state index in [1.165, 1.54) is 24.3 Å². The molecule has 1 aliphatic rings. The SMILES string of the molecule is Cc1ccc(S(=O)(=O)Nc2cc([C@]3(C)C(=O)C=Cc4ccccc43)c(O)cc2F)cc1. The van der Waals surface area contributed by atoms with Gasteiger partial charge >= 0.3 is 0 Å². The zero-order chi connectivity index (χ0) is 22.4. The maximum Gasteiger partial charge on any atom is 0.261 e. The maximum absolute atomic E-state index is 14.6. The van der Waals surface area contributed by atoms with E-state index < -0.39 is 27.0 Å². The van der Waals surface area contributed by atoms with E-state index in [-0.39, 0.29) is 21.9 Å². The summed E-state index contributed by atoms with van der Waals surface area (Å²) in [6.07, 6.45) is 3.09. The van der Waals surface area contributed by atoms with Crippen LogP contribution in [0.5, 0.6) is 5.75 Å². The second-order valence-electron chi connectivity index (χ2n) is 7.68. The molecule has 3 aromatic rings. The minimum atomic E-state index is -4.08.